The quantitative estimate of drug-likeness (QED) is 0.636. The smallest absolute Gasteiger partial charge is 0.0594 e. The van der Waals surface area contributed by atoms with Crippen LogP contribution in [0.25, 0.3) is 0 Å². The van der Waals surface area contributed by atoms with E-state index in [4.69, 9.17) is 10.5 Å². The lowest BCUT2D eigenvalue weighted by Crippen LogP contribution is -2.37. The van der Waals surface area contributed by atoms with Gasteiger partial charge in [-0.25, -0.2) is 0 Å². The van der Waals surface area contributed by atoms with Crippen LogP contribution in [0.2, 0.25) is 0 Å². The van der Waals surface area contributed by atoms with Crippen molar-refractivity contribution >= 4 is 11.8 Å². The lowest BCUT2D eigenvalue weighted by Gasteiger charge is -2.26. The first-order chi connectivity index (χ1) is 6.43. The normalized spacial score (nSPS) is 19.2. The van der Waals surface area contributed by atoms with Crippen LogP contribution >= 0.6 is 11.8 Å². The highest BCUT2D eigenvalue weighted by atomic mass is 32.2. The van der Waals surface area contributed by atoms with Crippen LogP contribution in [0.4, 0.5) is 0 Å². The highest BCUT2D eigenvalue weighted by Crippen LogP contribution is 2.04. The summed E-state index contributed by atoms with van der Waals surface area (Å²) in [7, 11) is 0. The molecule has 1 aliphatic heterocycles. The Balaban J connectivity index is 1.86. The fourth-order valence-corrected chi connectivity index (χ4v) is 2.27. The molecular weight excluding hydrogens is 184 g/mol. The van der Waals surface area contributed by atoms with Gasteiger partial charge in [-0.1, -0.05) is 0 Å². The number of morpholine rings is 1. The minimum absolute atomic E-state index is 0.824. The monoisotopic (exact) mass is 204 g/mol. The summed E-state index contributed by atoms with van der Waals surface area (Å²) in [6, 6.07) is 0. The zero-order valence-electron chi connectivity index (χ0n) is 8.21. The fraction of sp³-hybridized carbons (Fsp3) is 1.00. The summed E-state index contributed by atoms with van der Waals surface area (Å²) in [5.41, 5.74) is 5.41. The molecule has 1 rings (SSSR count). The minimum Gasteiger partial charge on any atom is -0.379 e. The number of nitrogens with two attached hydrogens (primary N) is 1. The van der Waals surface area contributed by atoms with E-state index >= 15 is 0 Å². The molecule has 0 aliphatic carbocycles. The molecule has 0 atom stereocenters. The van der Waals surface area contributed by atoms with Gasteiger partial charge in [0, 0.05) is 25.4 Å². The van der Waals surface area contributed by atoms with Crippen molar-refractivity contribution in [3.05, 3.63) is 0 Å². The molecule has 3 nitrogen and oxygen atoms in total. The first-order valence-corrected chi connectivity index (χ1v) is 6.17. The Hall–Kier alpha value is 0.230. The predicted molar refractivity (Wildman–Crippen MR) is 58.3 cm³/mol. The van der Waals surface area contributed by atoms with Crippen molar-refractivity contribution in [3.63, 3.8) is 0 Å². The standard InChI is InChI=1S/C9H20N2OS/c10-2-1-8-13-9-5-11-3-6-12-7-4-11/h1-10H2. The van der Waals surface area contributed by atoms with Gasteiger partial charge in [0.2, 0.25) is 0 Å². The van der Waals surface area contributed by atoms with E-state index in [0.717, 1.165) is 39.3 Å². The average molecular weight is 204 g/mol. The number of nitrogens with zero attached hydrogens (tertiary/aromatic N) is 1. The van der Waals surface area contributed by atoms with E-state index in [0.29, 0.717) is 0 Å². The van der Waals surface area contributed by atoms with Gasteiger partial charge >= 0.3 is 0 Å². The molecule has 0 unspecified atom stereocenters. The van der Waals surface area contributed by atoms with Gasteiger partial charge in [0.25, 0.3) is 0 Å². The van der Waals surface area contributed by atoms with Gasteiger partial charge in [-0.05, 0) is 18.7 Å². The second-order valence-corrected chi connectivity index (χ2v) is 4.43. The number of hydrogen-bond donors (Lipinski definition) is 1. The van der Waals surface area contributed by atoms with E-state index < -0.39 is 0 Å². The third kappa shape index (κ3) is 5.52. The van der Waals surface area contributed by atoms with Crippen molar-refractivity contribution in [2.45, 2.75) is 6.42 Å². The Morgan fingerprint density at radius 2 is 2.00 bits per heavy atom. The summed E-state index contributed by atoms with van der Waals surface area (Å²) in [5, 5.41) is 0. The molecule has 0 spiro atoms. The zero-order chi connectivity index (χ0) is 9.36. The SMILES string of the molecule is NCCCSCCN1CCOCC1. The number of rotatable bonds is 6. The third-order valence-electron chi connectivity index (χ3n) is 2.15. The summed E-state index contributed by atoms with van der Waals surface area (Å²) in [5.74, 6) is 2.45. The number of thioether (sulfide) groups is 1. The molecule has 13 heavy (non-hydrogen) atoms. The lowest BCUT2D eigenvalue weighted by atomic mass is 10.4. The van der Waals surface area contributed by atoms with Gasteiger partial charge in [0.05, 0.1) is 13.2 Å². The van der Waals surface area contributed by atoms with Crippen molar-refractivity contribution in [2.24, 2.45) is 5.73 Å². The Bertz CT molecular complexity index is 118. The molecule has 0 aromatic carbocycles. The van der Waals surface area contributed by atoms with Crippen LogP contribution in [0.1, 0.15) is 6.42 Å². The Morgan fingerprint density at radius 1 is 1.23 bits per heavy atom. The first-order valence-electron chi connectivity index (χ1n) is 5.01. The van der Waals surface area contributed by atoms with Gasteiger partial charge in [-0.2, -0.15) is 11.8 Å². The highest BCUT2D eigenvalue weighted by Gasteiger charge is 2.08. The van der Waals surface area contributed by atoms with Crippen LogP contribution in [0, 0.1) is 0 Å². The molecule has 0 aromatic rings. The van der Waals surface area contributed by atoms with Crippen LogP contribution < -0.4 is 5.73 Å². The van der Waals surface area contributed by atoms with Crippen LogP contribution in [0.3, 0.4) is 0 Å². The van der Waals surface area contributed by atoms with E-state index in [1.54, 1.807) is 0 Å². The molecule has 1 fully saturated rings. The van der Waals surface area contributed by atoms with E-state index in [1.807, 2.05) is 11.8 Å². The van der Waals surface area contributed by atoms with Crippen LogP contribution in [0.15, 0.2) is 0 Å². The predicted octanol–water partition coefficient (Wildman–Crippen LogP) is 0.401. The van der Waals surface area contributed by atoms with Crippen molar-refractivity contribution in [1.82, 2.24) is 4.90 Å². The van der Waals surface area contributed by atoms with Crippen molar-refractivity contribution in [3.8, 4) is 0 Å². The maximum atomic E-state index is 5.41. The Morgan fingerprint density at radius 3 is 2.69 bits per heavy atom. The molecule has 1 heterocycles. The van der Waals surface area contributed by atoms with E-state index in [-0.39, 0.29) is 0 Å². The minimum atomic E-state index is 0.824. The molecule has 0 aromatic heterocycles. The van der Waals surface area contributed by atoms with Crippen LogP contribution in [-0.2, 0) is 4.74 Å². The van der Waals surface area contributed by atoms with Gasteiger partial charge in [-0.15, -0.1) is 0 Å². The highest BCUT2D eigenvalue weighted by molar-refractivity contribution is 7.99. The molecule has 4 heteroatoms. The number of ether oxygens (including phenoxy) is 1. The van der Waals surface area contributed by atoms with Crippen molar-refractivity contribution < 1.29 is 4.74 Å². The second-order valence-electron chi connectivity index (χ2n) is 3.21. The summed E-state index contributed by atoms with van der Waals surface area (Å²) in [4.78, 5) is 2.47. The van der Waals surface area contributed by atoms with Crippen LogP contribution in [0.5, 0.6) is 0 Å². The second kappa shape index (κ2) is 7.62. The Labute approximate surface area is 85.0 Å². The van der Waals surface area contributed by atoms with E-state index in [9.17, 15) is 0 Å². The van der Waals surface area contributed by atoms with Gasteiger partial charge in [0.1, 0.15) is 0 Å². The largest absolute Gasteiger partial charge is 0.379 e. The molecule has 1 aliphatic rings. The third-order valence-corrected chi connectivity index (χ3v) is 3.20. The molecule has 78 valence electrons. The summed E-state index contributed by atoms with van der Waals surface area (Å²) >= 11 is 2.01. The average Bonchev–Trinajstić information content (AvgIpc) is 2.19. The van der Waals surface area contributed by atoms with Crippen molar-refractivity contribution in [2.75, 3.05) is 50.9 Å². The van der Waals surface area contributed by atoms with Crippen molar-refractivity contribution in [1.29, 1.82) is 0 Å². The lowest BCUT2D eigenvalue weighted by molar-refractivity contribution is 0.0410. The molecule has 2 N–H and O–H groups in total. The maximum absolute atomic E-state index is 5.41. The molecule has 0 saturated carbocycles. The summed E-state index contributed by atoms with van der Waals surface area (Å²) < 4.78 is 5.28. The molecular formula is C9H20N2OS. The first kappa shape index (κ1) is 11.3. The maximum Gasteiger partial charge on any atom is 0.0594 e. The van der Waals surface area contributed by atoms with Crippen LogP contribution in [-0.4, -0.2) is 55.8 Å². The summed E-state index contributed by atoms with van der Waals surface area (Å²) in [6.07, 6.45) is 1.15. The van der Waals surface area contributed by atoms with E-state index in [2.05, 4.69) is 4.90 Å². The van der Waals surface area contributed by atoms with Gasteiger partial charge in [0.15, 0.2) is 0 Å². The molecule has 0 radical (unpaired) electrons. The Kier molecular flexibility index (Phi) is 6.62. The summed E-state index contributed by atoms with van der Waals surface area (Å²) in [6.45, 7) is 6.07. The topological polar surface area (TPSA) is 38.5 Å². The molecule has 0 bridgehead atoms. The number of hydrogen-bond acceptors (Lipinski definition) is 4. The fourth-order valence-electron chi connectivity index (χ4n) is 1.31. The zero-order valence-corrected chi connectivity index (χ0v) is 9.02. The van der Waals surface area contributed by atoms with E-state index in [1.165, 1.54) is 18.1 Å². The van der Waals surface area contributed by atoms with Gasteiger partial charge in [-0.3, -0.25) is 4.90 Å². The molecule has 1 saturated heterocycles. The van der Waals surface area contributed by atoms with Gasteiger partial charge < -0.3 is 10.5 Å². The molecule has 0 amide bonds.